The predicted molar refractivity (Wildman–Crippen MR) is 105 cm³/mol. The number of aromatic amines is 1. The smallest absolute Gasteiger partial charge is 0.339 e. The van der Waals surface area contributed by atoms with Crippen molar-refractivity contribution in [2.24, 2.45) is 5.92 Å². The number of nitrogens with zero attached hydrogens (tertiary/aromatic N) is 1. The fraction of sp³-hybridized carbons (Fsp3) is 0.667. The Morgan fingerprint density at radius 3 is 2.46 bits per heavy atom. The van der Waals surface area contributed by atoms with Crippen LogP contribution in [-0.4, -0.2) is 53.9 Å². The largest absolute Gasteiger partial charge is 0.465 e. The maximum Gasteiger partial charge on any atom is 0.339 e. The summed E-state index contributed by atoms with van der Waals surface area (Å²) in [6, 6.07) is 0.281. The van der Waals surface area contributed by atoms with E-state index in [1.54, 1.807) is 18.7 Å². The molecule has 1 saturated carbocycles. The molecule has 0 bridgehead atoms. The van der Waals surface area contributed by atoms with E-state index in [1.165, 1.54) is 26.4 Å². The third kappa shape index (κ3) is 4.23. The Bertz CT molecular complexity index is 749. The molecule has 154 valence electrons. The Hall–Kier alpha value is -2.31. The number of ether oxygens (including phenoxy) is 1. The van der Waals surface area contributed by atoms with E-state index >= 15 is 0 Å². The fourth-order valence-electron chi connectivity index (χ4n) is 4.47. The fourth-order valence-corrected chi connectivity index (χ4v) is 4.47. The summed E-state index contributed by atoms with van der Waals surface area (Å²) in [5.41, 5.74) is 2.04. The molecule has 28 heavy (non-hydrogen) atoms. The van der Waals surface area contributed by atoms with Crippen molar-refractivity contribution in [1.29, 1.82) is 0 Å². The lowest BCUT2D eigenvalue weighted by Crippen LogP contribution is -2.48. The van der Waals surface area contributed by atoms with Crippen molar-refractivity contribution in [3.05, 3.63) is 22.5 Å². The molecule has 1 aliphatic heterocycles. The van der Waals surface area contributed by atoms with Gasteiger partial charge in [0.25, 0.3) is 5.91 Å². The molecule has 1 unspecified atom stereocenters. The van der Waals surface area contributed by atoms with Gasteiger partial charge in [-0.25, -0.2) is 4.79 Å². The number of amides is 2. The van der Waals surface area contributed by atoms with Gasteiger partial charge in [-0.15, -0.1) is 0 Å². The number of piperidine rings is 1. The Morgan fingerprint density at radius 2 is 1.79 bits per heavy atom. The van der Waals surface area contributed by atoms with Crippen LogP contribution in [0.2, 0.25) is 0 Å². The van der Waals surface area contributed by atoms with Crippen LogP contribution in [0.1, 0.15) is 77.0 Å². The molecule has 2 N–H and O–H groups in total. The number of aromatic nitrogens is 1. The second kappa shape index (κ2) is 8.80. The zero-order valence-corrected chi connectivity index (χ0v) is 17.1. The highest BCUT2D eigenvalue weighted by Crippen LogP contribution is 2.24. The molecule has 7 nitrogen and oxygen atoms in total. The molecule has 2 amide bonds. The average molecular weight is 389 g/mol. The predicted octanol–water partition coefficient (Wildman–Crippen LogP) is 2.72. The van der Waals surface area contributed by atoms with Gasteiger partial charge in [0.2, 0.25) is 5.91 Å². The summed E-state index contributed by atoms with van der Waals surface area (Å²) >= 11 is 0. The van der Waals surface area contributed by atoms with Crippen LogP contribution in [0.4, 0.5) is 0 Å². The molecule has 2 aliphatic rings. The van der Waals surface area contributed by atoms with Gasteiger partial charge in [0.1, 0.15) is 5.69 Å². The van der Waals surface area contributed by atoms with Gasteiger partial charge >= 0.3 is 5.97 Å². The molecule has 1 aromatic rings. The Balaban J connectivity index is 1.67. The van der Waals surface area contributed by atoms with E-state index in [-0.39, 0.29) is 23.8 Å². The highest BCUT2D eigenvalue weighted by Gasteiger charge is 2.32. The minimum Gasteiger partial charge on any atom is -0.465 e. The third-order valence-corrected chi connectivity index (χ3v) is 6.07. The summed E-state index contributed by atoms with van der Waals surface area (Å²) < 4.78 is 4.82. The lowest BCUT2D eigenvalue weighted by Gasteiger charge is -2.33. The molecule has 0 spiro atoms. The molecule has 7 heteroatoms. The van der Waals surface area contributed by atoms with Gasteiger partial charge in [0.15, 0.2) is 0 Å². The highest BCUT2D eigenvalue weighted by atomic mass is 16.5. The van der Waals surface area contributed by atoms with Crippen molar-refractivity contribution in [2.45, 2.75) is 64.8 Å². The number of carbonyl (C=O) groups excluding carboxylic acids is 3. The number of hydrogen-bond acceptors (Lipinski definition) is 4. The number of aryl methyl sites for hydroxylation is 1. The number of likely N-dealkylation sites (tertiary alicyclic amines) is 1. The van der Waals surface area contributed by atoms with E-state index in [9.17, 15) is 14.4 Å². The number of carbonyl (C=O) groups is 3. The van der Waals surface area contributed by atoms with Crippen molar-refractivity contribution in [3.8, 4) is 0 Å². The number of hydrogen-bond donors (Lipinski definition) is 2. The van der Waals surface area contributed by atoms with E-state index in [0.29, 0.717) is 35.6 Å². The van der Waals surface area contributed by atoms with E-state index in [2.05, 4.69) is 10.3 Å². The molecular weight excluding hydrogens is 358 g/mol. The number of rotatable bonds is 4. The Kier molecular flexibility index (Phi) is 6.42. The van der Waals surface area contributed by atoms with Crippen LogP contribution in [0.5, 0.6) is 0 Å². The lowest BCUT2D eigenvalue weighted by molar-refractivity contribution is -0.127. The quantitative estimate of drug-likeness (QED) is 0.775. The average Bonchev–Trinajstić information content (AvgIpc) is 3.01. The second-order valence-corrected chi connectivity index (χ2v) is 8.05. The van der Waals surface area contributed by atoms with Crippen molar-refractivity contribution >= 4 is 17.8 Å². The Morgan fingerprint density at radius 1 is 1.07 bits per heavy atom. The van der Waals surface area contributed by atoms with Gasteiger partial charge < -0.3 is 19.9 Å². The van der Waals surface area contributed by atoms with E-state index in [0.717, 1.165) is 25.7 Å². The minimum absolute atomic E-state index is 0.0686. The number of methoxy groups -OCH3 is 1. The van der Waals surface area contributed by atoms with Gasteiger partial charge in [-0.2, -0.15) is 0 Å². The van der Waals surface area contributed by atoms with E-state index in [4.69, 9.17) is 4.74 Å². The maximum atomic E-state index is 13.1. The number of esters is 1. The highest BCUT2D eigenvalue weighted by molar-refractivity contribution is 6.00. The lowest BCUT2D eigenvalue weighted by atomic mass is 9.93. The van der Waals surface area contributed by atoms with Crippen molar-refractivity contribution in [1.82, 2.24) is 15.2 Å². The summed E-state index contributed by atoms with van der Waals surface area (Å²) in [6.07, 6.45) is 7.31. The van der Waals surface area contributed by atoms with Crippen molar-refractivity contribution in [2.75, 3.05) is 20.2 Å². The molecule has 1 atom stereocenters. The van der Waals surface area contributed by atoms with Crippen molar-refractivity contribution in [3.63, 3.8) is 0 Å². The zero-order valence-electron chi connectivity index (χ0n) is 17.1. The molecule has 2 fully saturated rings. The SMILES string of the molecule is COC(=O)c1c(C)[nH]c(C(=O)N2CCCC(C(=O)NC3CCCCC3)C2)c1C. The van der Waals surface area contributed by atoms with Crippen LogP contribution in [0, 0.1) is 19.8 Å². The maximum absolute atomic E-state index is 13.1. The molecule has 0 aromatic carbocycles. The monoisotopic (exact) mass is 389 g/mol. The normalized spacial score (nSPS) is 20.7. The molecule has 1 aromatic heterocycles. The summed E-state index contributed by atoms with van der Waals surface area (Å²) in [4.78, 5) is 42.5. The first-order chi connectivity index (χ1) is 13.4. The molecule has 2 heterocycles. The summed E-state index contributed by atoms with van der Waals surface area (Å²) in [6.45, 7) is 4.55. The third-order valence-electron chi connectivity index (χ3n) is 6.07. The van der Waals surface area contributed by atoms with Crippen LogP contribution in [-0.2, 0) is 9.53 Å². The van der Waals surface area contributed by atoms with Gasteiger partial charge in [-0.05, 0) is 45.1 Å². The first-order valence-electron chi connectivity index (χ1n) is 10.3. The molecular formula is C21H31N3O4. The molecule has 1 aliphatic carbocycles. The van der Waals surface area contributed by atoms with Gasteiger partial charge in [0, 0.05) is 24.8 Å². The van der Waals surface area contributed by atoms with E-state index < -0.39 is 5.97 Å². The summed E-state index contributed by atoms with van der Waals surface area (Å²) in [5.74, 6) is -0.713. The standard InChI is InChI=1S/C21H31N3O4/c1-13-17(21(27)28-3)14(2)22-18(13)20(26)24-11-7-8-15(12-24)19(25)23-16-9-5-4-6-10-16/h15-16,22H,4-12H2,1-3H3,(H,23,25). The van der Waals surface area contributed by atoms with Crippen LogP contribution < -0.4 is 5.32 Å². The number of nitrogens with one attached hydrogen (secondary N) is 2. The second-order valence-electron chi connectivity index (χ2n) is 8.05. The Labute approximate surface area is 166 Å². The zero-order chi connectivity index (χ0) is 20.3. The van der Waals surface area contributed by atoms with Crippen LogP contribution in [0.25, 0.3) is 0 Å². The summed E-state index contributed by atoms with van der Waals surface area (Å²) in [7, 11) is 1.33. The molecule has 3 rings (SSSR count). The molecule has 1 saturated heterocycles. The van der Waals surface area contributed by atoms with Crippen LogP contribution in [0.15, 0.2) is 0 Å². The van der Waals surface area contributed by atoms with Gasteiger partial charge in [0.05, 0.1) is 18.6 Å². The first kappa shape index (κ1) is 20.4. The van der Waals surface area contributed by atoms with Gasteiger partial charge in [-0.3, -0.25) is 9.59 Å². The molecule has 0 radical (unpaired) electrons. The number of H-pyrrole nitrogens is 1. The van der Waals surface area contributed by atoms with Gasteiger partial charge in [-0.1, -0.05) is 19.3 Å². The first-order valence-corrected chi connectivity index (χ1v) is 10.3. The minimum atomic E-state index is -0.450. The van der Waals surface area contributed by atoms with Crippen LogP contribution in [0.3, 0.4) is 0 Å². The van der Waals surface area contributed by atoms with Crippen LogP contribution >= 0.6 is 0 Å². The topological polar surface area (TPSA) is 91.5 Å². The summed E-state index contributed by atoms with van der Waals surface area (Å²) in [5, 5.41) is 3.19. The van der Waals surface area contributed by atoms with E-state index in [1.807, 2.05) is 0 Å². The van der Waals surface area contributed by atoms with Crippen molar-refractivity contribution < 1.29 is 19.1 Å².